The fourth-order valence-corrected chi connectivity index (χ4v) is 6.85. The van der Waals surface area contributed by atoms with Crippen molar-refractivity contribution in [2.45, 2.75) is 50.1 Å². The number of hydrogen-bond donors (Lipinski definition) is 1. The van der Waals surface area contributed by atoms with Crippen LogP contribution in [0.3, 0.4) is 0 Å². The van der Waals surface area contributed by atoms with E-state index in [1.807, 2.05) is 7.05 Å². The van der Waals surface area contributed by atoms with Crippen LogP contribution in [-0.2, 0) is 16.6 Å². The van der Waals surface area contributed by atoms with Gasteiger partial charge in [0, 0.05) is 24.5 Å². The van der Waals surface area contributed by atoms with E-state index in [1.54, 1.807) is 17.4 Å². The Morgan fingerprint density at radius 3 is 2.57 bits per heavy atom. The van der Waals surface area contributed by atoms with Crippen LogP contribution in [0.2, 0.25) is 0 Å². The highest BCUT2D eigenvalue weighted by atomic mass is 79.9. The van der Waals surface area contributed by atoms with E-state index in [0.717, 1.165) is 30.6 Å². The molecule has 1 aromatic rings. The number of thiophene rings is 1. The number of halogens is 1. The average molecular weight is 395 g/mol. The quantitative estimate of drug-likeness (QED) is 0.831. The van der Waals surface area contributed by atoms with Crippen molar-refractivity contribution < 1.29 is 8.42 Å². The van der Waals surface area contributed by atoms with E-state index in [-0.39, 0.29) is 6.04 Å². The molecule has 1 aliphatic carbocycles. The topological polar surface area (TPSA) is 49.4 Å². The number of nitrogens with zero attached hydrogens (tertiary/aromatic N) is 1. The maximum absolute atomic E-state index is 12.8. The second kappa shape index (κ2) is 7.08. The Morgan fingerprint density at radius 2 is 2.00 bits per heavy atom. The lowest BCUT2D eigenvalue weighted by Gasteiger charge is -2.32. The predicted molar refractivity (Wildman–Crippen MR) is 91.2 cm³/mol. The summed E-state index contributed by atoms with van der Waals surface area (Å²) in [4.78, 5) is 1.42. The maximum atomic E-state index is 12.8. The van der Waals surface area contributed by atoms with Crippen molar-refractivity contribution in [2.75, 3.05) is 14.1 Å². The van der Waals surface area contributed by atoms with E-state index in [1.165, 1.54) is 11.3 Å². The Balaban J connectivity index is 2.20. The zero-order valence-electron chi connectivity index (χ0n) is 12.7. The first-order valence-electron chi connectivity index (χ1n) is 7.27. The van der Waals surface area contributed by atoms with E-state index in [9.17, 15) is 8.42 Å². The Bertz CT molecular complexity index is 578. The van der Waals surface area contributed by atoms with Gasteiger partial charge in [0.25, 0.3) is 0 Å². The van der Waals surface area contributed by atoms with Crippen LogP contribution in [0.4, 0.5) is 0 Å². The molecule has 0 saturated heterocycles. The molecule has 4 nitrogen and oxygen atoms in total. The van der Waals surface area contributed by atoms with Gasteiger partial charge in [-0.3, -0.25) is 0 Å². The highest BCUT2D eigenvalue weighted by molar-refractivity contribution is 9.11. The van der Waals surface area contributed by atoms with Crippen LogP contribution in [0, 0.1) is 5.92 Å². The zero-order valence-corrected chi connectivity index (χ0v) is 15.9. The summed E-state index contributed by atoms with van der Waals surface area (Å²) in [7, 11) is 0.163. The van der Waals surface area contributed by atoms with E-state index in [0.29, 0.717) is 21.1 Å². The fraction of sp³-hybridized carbons (Fsp3) is 0.714. The van der Waals surface area contributed by atoms with Gasteiger partial charge in [-0.05, 0) is 60.6 Å². The number of sulfonamides is 1. The highest BCUT2D eigenvalue weighted by Gasteiger charge is 2.32. The molecule has 120 valence electrons. The molecule has 1 saturated carbocycles. The zero-order chi connectivity index (χ0) is 15.6. The van der Waals surface area contributed by atoms with Gasteiger partial charge in [-0.25, -0.2) is 8.42 Å². The molecule has 21 heavy (non-hydrogen) atoms. The summed E-state index contributed by atoms with van der Waals surface area (Å²) in [6.45, 7) is 2.92. The van der Waals surface area contributed by atoms with Crippen LogP contribution in [-0.4, -0.2) is 32.9 Å². The Labute approximate surface area is 140 Å². The molecule has 7 heteroatoms. The second-order valence-corrected chi connectivity index (χ2v) is 10.2. The van der Waals surface area contributed by atoms with Gasteiger partial charge in [-0.15, -0.1) is 11.3 Å². The van der Waals surface area contributed by atoms with Crippen molar-refractivity contribution >= 4 is 37.3 Å². The van der Waals surface area contributed by atoms with Gasteiger partial charge >= 0.3 is 0 Å². The molecule has 0 aromatic carbocycles. The molecule has 0 unspecified atom stereocenters. The van der Waals surface area contributed by atoms with Crippen LogP contribution in [0.1, 0.15) is 37.5 Å². The first-order valence-corrected chi connectivity index (χ1v) is 10.3. The first-order chi connectivity index (χ1) is 9.86. The first kappa shape index (κ1) is 17.4. The van der Waals surface area contributed by atoms with Crippen molar-refractivity contribution in [1.82, 2.24) is 9.62 Å². The van der Waals surface area contributed by atoms with Crippen LogP contribution in [0.15, 0.2) is 14.7 Å². The van der Waals surface area contributed by atoms with Gasteiger partial charge in [0.05, 0.1) is 3.79 Å². The van der Waals surface area contributed by atoms with Gasteiger partial charge in [-0.2, -0.15) is 4.31 Å². The molecule has 1 aromatic heterocycles. The normalized spacial score (nSPS) is 23.7. The van der Waals surface area contributed by atoms with Gasteiger partial charge in [0.1, 0.15) is 4.90 Å². The van der Waals surface area contributed by atoms with Crippen molar-refractivity contribution in [3.8, 4) is 0 Å². The summed E-state index contributed by atoms with van der Waals surface area (Å²) in [5.41, 5.74) is 0. The summed E-state index contributed by atoms with van der Waals surface area (Å²) in [5.74, 6) is 0.715. The average Bonchev–Trinajstić information content (AvgIpc) is 2.81. The minimum atomic E-state index is -3.42. The number of rotatable bonds is 5. The molecule has 1 heterocycles. The van der Waals surface area contributed by atoms with E-state index >= 15 is 0 Å². The van der Waals surface area contributed by atoms with Gasteiger partial charge in [0.15, 0.2) is 0 Å². The molecule has 1 aliphatic rings. The van der Waals surface area contributed by atoms with Crippen molar-refractivity contribution in [1.29, 1.82) is 0 Å². The van der Waals surface area contributed by atoms with Crippen LogP contribution in [0.25, 0.3) is 0 Å². The summed E-state index contributed by atoms with van der Waals surface area (Å²) < 4.78 is 27.9. The lowest BCUT2D eigenvalue weighted by molar-refractivity contribution is 0.246. The Hall–Kier alpha value is 0.0500. The minimum absolute atomic E-state index is 0.130. The summed E-state index contributed by atoms with van der Waals surface area (Å²) >= 11 is 4.89. The van der Waals surface area contributed by atoms with E-state index in [4.69, 9.17) is 0 Å². The molecule has 0 amide bonds. The molecule has 0 spiro atoms. The standard InChI is InChI=1S/C14H23BrN2O2S2/c1-10-4-6-11(7-5-10)17(3)21(18,19)13-8-12(9-16-2)20-14(13)15/h8,10-11,16H,4-7,9H2,1-3H3. The molecular formula is C14H23BrN2O2S2. The molecule has 1 fully saturated rings. The van der Waals surface area contributed by atoms with Gasteiger partial charge in [-0.1, -0.05) is 6.92 Å². The van der Waals surface area contributed by atoms with Gasteiger partial charge < -0.3 is 5.32 Å². The lowest BCUT2D eigenvalue weighted by atomic mass is 9.87. The number of nitrogens with one attached hydrogen (secondary N) is 1. The smallest absolute Gasteiger partial charge is 0.245 e. The van der Waals surface area contributed by atoms with Crippen LogP contribution < -0.4 is 5.32 Å². The SMILES string of the molecule is CNCc1cc(S(=O)(=O)N(C)C2CCC(C)CC2)c(Br)s1. The lowest BCUT2D eigenvalue weighted by Crippen LogP contribution is -2.39. The summed E-state index contributed by atoms with van der Waals surface area (Å²) in [5, 5.41) is 3.05. The molecular weight excluding hydrogens is 372 g/mol. The molecule has 0 bridgehead atoms. The molecule has 0 radical (unpaired) electrons. The third-order valence-electron chi connectivity index (χ3n) is 4.21. The van der Waals surface area contributed by atoms with Crippen LogP contribution in [0.5, 0.6) is 0 Å². The van der Waals surface area contributed by atoms with Crippen molar-refractivity contribution in [3.63, 3.8) is 0 Å². The predicted octanol–water partition coefficient (Wildman–Crippen LogP) is 3.43. The third-order valence-corrected chi connectivity index (χ3v) is 8.38. The summed E-state index contributed by atoms with van der Waals surface area (Å²) in [6.07, 6.45) is 4.14. The van der Waals surface area contributed by atoms with Crippen molar-refractivity contribution in [2.24, 2.45) is 5.92 Å². The van der Waals surface area contributed by atoms with Crippen LogP contribution >= 0.6 is 27.3 Å². The molecule has 2 rings (SSSR count). The van der Waals surface area contributed by atoms with E-state index in [2.05, 4.69) is 28.2 Å². The second-order valence-electron chi connectivity index (χ2n) is 5.82. The Morgan fingerprint density at radius 1 is 1.38 bits per heavy atom. The third kappa shape index (κ3) is 3.88. The largest absolute Gasteiger partial charge is 0.315 e. The monoisotopic (exact) mass is 394 g/mol. The van der Waals surface area contributed by atoms with Crippen molar-refractivity contribution in [3.05, 3.63) is 14.7 Å². The Kier molecular flexibility index (Phi) is 5.87. The number of hydrogen-bond acceptors (Lipinski definition) is 4. The maximum Gasteiger partial charge on any atom is 0.245 e. The van der Waals surface area contributed by atoms with Gasteiger partial charge in [0.2, 0.25) is 10.0 Å². The highest BCUT2D eigenvalue weighted by Crippen LogP contribution is 2.36. The fourth-order valence-electron chi connectivity index (χ4n) is 2.79. The summed E-state index contributed by atoms with van der Waals surface area (Å²) in [6, 6.07) is 1.91. The molecule has 1 N–H and O–H groups in total. The molecule has 0 atom stereocenters. The molecule has 0 aliphatic heterocycles. The minimum Gasteiger partial charge on any atom is -0.315 e. The van der Waals surface area contributed by atoms with E-state index < -0.39 is 10.0 Å².